The molecule has 0 radical (unpaired) electrons. The van der Waals surface area contributed by atoms with E-state index >= 15 is 0 Å². The molecule has 21 heavy (non-hydrogen) atoms. The number of rotatable bonds is 4. The van der Waals surface area contributed by atoms with Crippen LogP contribution in [0.2, 0.25) is 0 Å². The number of hydrogen-bond acceptors (Lipinski definition) is 1. The molecule has 0 fully saturated rings. The number of carbonyl (C=O) groups is 1. The fourth-order valence-corrected chi connectivity index (χ4v) is 2.04. The Bertz CT molecular complexity index is 668. The summed E-state index contributed by atoms with van der Waals surface area (Å²) in [6, 6.07) is 10.3. The minimum atomic E-state index is -0.402. The molecule has 0 atom stereocenters. The molecule has 0 saturated heterocycles. The molecule has 0 heterocycles. The molecular weight excluding hydrogens is 340 g/mol. The Morgan fingerprint density at radius 3 is 2.57 bits per heavy atom. The lowest BCUT2D eigenvalue weighted by molar-refractivity contribution is -0.116. The third-order valence-corrected chi connectivity index (χ3v) is 3.25. The van der Waals surface area contributed by atoms with Crippen LogP contribution >= 0.6 is 15.9 Å². The first-order valence-corrected chi connectivity index (χ1v) is 6.99. The molecular formula is C16H12BrF2NO. The molecule has 0 unspecified atom stereocenters. The molecule has 2 nitrogen and oxygen atoms in total. The van der Waals surface area contributed by atoms with E-state index in [0.717, 1.165) is 10.0 Å². The molecule has 1 N–H and O–H groups in total. The molecule has 5 heteroatoms. The normalized spacial score (nSPS) is 10.8. The number of halogens is 3. The SMILES string of the molecule is O=C(/C=C/c1cc(Br)ccc1F)NCc1ccc(F)cc1. The van der Waals surface area contributed by atoms with E-state index in [1.807, 2.05) is 0 Å². The maximum atomic E-state index is 13.5. The van der Waals surface area contributed by atoms with E-state index in [9.17, 15) is 13.6 Å². The summed E-state index contributed by atoms with van der Waals surface area (Å²) in [5, 5.41) is 2.64. The van der Waals surface area contributed by atoms with Crippen LogP contribution in [-0.2, 0) is 11.3 Å². The van der Waals surface area contributed by atoms with E-state index in [0.29, 0.717) is 5.56 Å². The van der Waals surface area contributed by atoms with Crippen LogP contribution < -0.4 is 5.32 Å². The quantitative estimate of drug-likeness (QED) is 0.827. The van der Waals surface area contributed by atoms with Crippen molar-refractivity contribution in [2.75, 3.05) is 0 Å². The Kier molecular flexibility index (Phi) is 5.22. The van der Waals surface area contributed by atoms with Crippen molar-refractivity contribution in [1.29, 1.82) is 0 Å². The van der Waals surface area contributed by atoms with Crippen LogP contribution in [0.4, 0.5) is 8.78 Å². The smallest absolute Gasteiger partial charge is 0.244 e. The first-order chi connectivity index (χ1) is 10.0. The molecule has 0 aliphatic rings. The van der Waals surface area contributed by atoms with Crippen molar-refractivity contribution in [3.05, 3.63) is 75.8 Å². The van der Waals surface area contributed by atoms with Gasteiger partial charge in [-0.2, -0.15) is 0 Å². The van der Waals surface area contributed by atoms with Gasteiger partial charge in [-0.25, -0.2) is 8.78 Å². The van der Waals surface area contributed by atoms with Gasteiger partial charge in [0, 0.05) is 22.7 Å². The maximum Gasteiger partial charge on any atom is 0.244 e. The lowest BCUT2D eigenvalue weighted by atomic mass is 10.2. The molecule has 0 aliphatic heterocycles. The molecule has 0 spiro atoms. The fraction of sp³-hybridized carbons (Fsp3) is 0.0625. The van der Waals surface area contributed by atoms with Crippen molar-refractivity contribution >= 4 is 27.9 Å². The van der Waals surface area contributed by atoms with Crippen LogP contribution in [0.15, 0.2) is 53.0 Å². The maximum absolute atomic E-state index is 13.5. The highest BCUT2D eigenvalue weighted by Crippen LogP contribution is 2.16. The van der Waals surface area contributed by atoms with Gasteiger partial charge >= 0.3 is 0 Å². The zero-order valence-corrected chi connectivity index (χ0v) is 12.5. The summed E-state index contributed by atoms with van der Waals surface area (Å²) in [6.07, 6.45) is 2.66. The summed E-state index contributed by atoms with van der Waals surface area (Å²) in [4.78, 5) is 11.6. The largest absolute Gasteiger partial charge is 0.348 e. The summed E-state index contributed by atoms with van der Waals surface area (Å²) in [7, 11) is 0. The average Bonchev–Trinajstić information content (AvgIpc) is 2.47. The Morgan fingerprint density at radius 2 is 1.86 bits per heavy atom. The van der Waals surface area contributed by atoms with Gasteiger partial charge in [0.1, 0.15) is 11.6 Å². The number of amides is 1. The summed E-state index contributed by atoms with van der Waals surface area (Å²) in [5.74, 6) is -1.07. The standard InChI is InChI=1S/C16H12BrF2NO/c17-13-4-7-15(19)12(9-13)3-8-16(21)20-10-11-1-5-14(18)6-2-11/h1-9H,10H2,(H,20,21)/b8-3+. The van der Waals surface area contributed by atoms with Crippen LogP contribution in [-0.4, -0.2) is 5.91 Å². The van der Waals surface area contributed by atoms with Crippen molar-refractivity contribution in [2.24, 2.45) is 0 Å². The number of nitrogens with one attached hydrogen (secondary N) is 1. The molecule has 1 amide bonds. The summed E-state index contributed by atoms with van der Waals surface area (Å²) in [6.45, 7) is 0.282. The number of carbonyl (C=O) groups excluding carboxylic acids is 1. The van der Waals surface area contributed by atoms with Crippen molar-refractivity contribution in [2.45, 2.75) is 6.54 Å². The molecule has 2 rings (SSSR count). The van der Waals surface area contributed by atoms with Crippen LogP contribution in [0.3, 0.4) is 0 Å². The van der Waals surface area contributed by atoms with Crippen LogP contribution in [0.25, 0.3) is 6.08 Å². The third kappa shape index (κ3) is 4.79. The second kappa shape index (κ2) is 7.13. The Hall–Kier alpha value is -2.01. The van der Waals surface area contributed by atoms with Gasteiger partial charge in [-0.3, -0.25) is 4.79 Å². The Morgan fingerprint density at radius 1 is 1.14 bits per heavy atom. The monoisotopic (exact) mass is 351 g/mol. The van der Waals surface area contributed by atoms with Crippen molar-refractivity contribution in [1.82, 2.24) is 5.32 Å². The summed E-state index contributed by atoms with van der Waals surface area (Å²) < 4.78 is 26.9. The molecule has 0 bridgehead atoms. The minimum Gasteiger partial charge on any atom is -0.348 e. The van der Waals surface area contributed by atoms with E-state index in [1.54, 1.807) is 24.3 Å². The predicted octanol–water partition coefficient (Wildman–Crippen LogP) is 4.06. The van der Waals surface area contributed by atoms with Gasteiger partial charge in [-0.15, -0.1) is 0 Å². The van der Waals surface area contributed by atoms with Gasteiger partial charge in [-0.05, 0) is 42.0 Å². The zero-order chi connectivity index (χ0) is 15.2. The minimum absolute atomic E-state index is 0.282. The van der Waals surface area contributed by atoms with Gasteiger partial charge in [0.2, 0.25) is 5.91 Å². The zero-order valence-electron chi connectivity index (χ0n) is 10.9. The van der Waals surface area contributed by atoms with Crippen molar-refractivity contribution in [3.63, 3.8) is 0 Å². The first kappa shape index (κ1) is 15.4. The average molecular weight is 352 g/mol. The highest BCUT2D eigenvalue weighted by atomic mass is 79.9. The van der Waals surface area contributed by atoms with Crippen molar-refractivity contribution in [3.8, 4) is 0 Å². The second-order valence-electron chi connectivity index (χ2n) is 4.34. The number of benzene rings is 2. The van der Waals surface area contributed by atoms with E-state index in [4.69, 9.17) is 0 Å². The van der Waals surface area contributed by atoms with Gasteiger partial charge in [0.05, 0.1) is 0 Å². The molecule has 0 saturated carbocycles. The van der Waals surface area contributed by atoms with Gasteiger partial charge < -0.3 is 5.32 Å². The molecule has 108 valence electrons. The van der Waals surface area contributed by atoms with Crippen LogP contribution in [0, 0.1) is 11.6 Å². The lowest BCUT2D eigenvalue weighted by Crippen LogP contribution is -2.20. The highest BCUT2D eigenvalue weighted by molar-refractivity contribution is 9.10. The lowest BCUT2D eigenvalue weighted by Gasteiger charge is -2.02. The second-order valence-corrected chi connectivity index (χ2v) is 5.26. The van der Waals surface area contributed by atoms with Gasteiger partial charge in [0.25, 0.3) is 0 Å². The first-order valence-electron chi connectivity index (χ1n) is 6.20. The fourth-order valence-electron chi connectivity index (χ4n) is 1.66. The van der Waals surface area contributed by atoms with E-state index in [-0.39, 0.29) is 18.3 Å². The summed E-state index contributed by atoms with van der Waals surface area (Å²) >= 11 is 3.24. The van der Waals surface area contributed by atoms with Gasteiger partial charge in [0.15, 0.2) is 0 Å². The Balaban J connectivity index is 1.93. The van der Waals surface area contributed by atoms with Crippen LogP contribution in [0.1, 0.15) is 11.1 Å². The predicted molar refractivity (Wildman–Crippen MR) is 81.4 cm³/mol. The number of hydrogen-bond donors (Lipinski definition) is 1. The van der Waals surface area contributed by atoms with E-state index in [1.165, 1.54) is 30.4 Å². The third-order valence-electron chi connectivity index (χ3n) is 2.75. The Labute approximate surface area is 129 Å². The molecule has 0 aliphatic carbocycles. The summed E-state index contributed by atoms with van der Waals surface area (Å²) in [5.41, 5.74) is 1.10. The molecule has 0 aromatic heterocycles. The van der Waals surface area contributed by atoms with E-state index < -0.39 is 5.82 Å². The van der Waals surface area contributed by atoms with Crippen molar-refractivity contribution < 1.29 is 13.6 Å². The molecule has 2 aromatic carbocycles. The topological polar surface area (TPSA) is 29.1 Å². The highest BCUT2D eigenvalue weighted by Gasteiger charge is 2.01. The van der Waals surface area contributed by atoms with E-state index in [2.05, 4.69) is 21.2 Å². The molecule has 2 aromatic rings. The van der Waals surface area contributed by atoms with Crippen LogP contribution in [0.5, 0.6) is 0 Å². The van der Waals surface area contributed by atoms with Gasteiger partial charge in [-0.1, -0.05) is 28.1 Å².